The molecule has 0 aliphatic carbocycles. The molecule has 0 fully saturated rings. The predicted octanol–water partition coefficient (Wildman–Crippen LogP) is 7.57. The van der Waals surface area contributed by atoms with E-state index in [4.69, 9.17) is 0 Å². The van der Waals surface area contributed by atoms with Gasteiger partial charge in [-0.15, -0.1) is 5.10 Å². The number of hydrogen-bond acceptors (Lipinski definition) is 2. The van der Waals surface area contributed by atoms with E-state index < -0.39 is 0 Å². The topological polar surface area (TPSA) is 30.7 Å². The van der Waals surface area contributed by atoms with E-state index in [0.717, 1.165) is 28.2 Å². The van der Waals surface area contributed by atoms with Gasteiger partial charge in [0, 0.05) is 11.1 Å². The van der Waals surface area contributed by atoms with Crippen LogP contribution in [0, 0.1) is 0 Å². The molecule has 0 unspecified atom stereocenters. The molecular weight excluding hydrogens is 402 g/mol. The van der Waals surface area contributed by atoms with Gasteiger partial charge in [-0.25, -0.2) is 4.68 Å². The van der Waals surface area contributed by atoms with Crippen LogP contribution in [0.5, 0.6) is 0 Å². The maximum Gasteiger partial charge on any atom is 0.121 e. The Morgan fingerprint density at radius 3 is 1.64 bits per heavy atom. The third-order valence-electron chi connectivity index (χ3n) is 5.96. The van der Waals surface area contributed by atoms with Crippen molar-refractivity contribution < 1.29 is 0 Å². The third kappa shape index (κ3) is 4.22. The van der Waals surface area contributed by atoms with Crippen molar-refractivity contribution in [3.8, 4) is 39.3 Å². The molecule has 0 spiro atoms. The van der Waals surface area contributed by atoms with Gasteiger partial charge in [0.25, 0.3) is 0 Å². The second-order valence-electron chi connectivity index (χ2n) is 9.30. The Bertz CT molecular complexity index is 1340. The molecular formula is C30H27N3. The zero-order valence-electron chi connectivity index (χ0n) is 19.2. The van der Waals surface area contributed by atoms with Crippen LogP contribution in [-0.4, -0.2) is 15.0 Å². The molecule has 3 nitrogen and oxygen atoms in total. The van der Waals surface area contributed by atoms with E-state index >= 15 is 0 Å². The van der Waals surface area contributed by atoms with Crippen LogP contribution in [0.4, 0.5) is 0 Å². The molecule has 3 heteroatoms. The highest BCUT2D eigenvalue weighted by molar-refractivity contribution is 5.79. The summed E-state index contributed by atoms with van der Waals surface area (Å²) in [5.41, 5.74) is 8.80. The molecule has 0 amide bonds. The van der Waals surface area contributed by atoms with E-state index in [1.54, 1.807) is 0 Å². The largest absolute Gasteiger partial charge is 0.212 e. The van der Waals surface area contributed by atoms with Crippen LogP contribution in [0.3, 0.4) is 0 Å². The van der Waals surface area contributed by atoms with Crippen LogP contribution in [0.15, 0.2) is 109 Å². The minimum atomic E-state index is 0.110. The minimum Gasteiger partial charge on any atom is -0.212 e. The van der Waals surface area contributed by atoms with Gasteiger partial charge >= 0.3 is 0 Å². The van der Waals surface area contributed by atoms with Gasteiger partial charge in [-0.2, -0.15) is 0 Å². The second-order valence-corrected chi connectivity index (χ2v) is 9.30. The summed E-state index contributed by atoms with van der Waals surface area (Å²) in [5.74, 6) is 0. The molecule has 1 aromatic heterocycles. The summed E-state index contributed by atoms with van der Waals surface area (Å²) < 4.78 is 1.94. The Hall–Kier alpha value is -3.98. The lowest BCUT2D eigenvalue weighted by Crippen LogP contribution is -2.10. The zero-order chi connectivity index (χ0) is 22.8. The SMILES string of the molecule is CC(C)(C)c1ccc(-c2nnn(-c3ccc(-c4ccccc4)cc3)c2-c2ccccc2)cc1. The smallest absolute Gasteiger partial charge is 0.121 e. The van der Waals surface area contributed by atoms with Gasteiger partial charge in [0.1, 0.15) is 11.4 Å². The molecule has 5 aromatic rings. The van der Waals surface area contributed by atoms with Crippen molar-refractivity contribution in [3.63, 3.8) is 0 Å². The van der Waals surface area contributed by atoms with E-state index in [9.17, 15) is 0 Å². The number of hydrogen-bond donors (Lipinski definition) is 0. The number of benzene rings is 4. The van der Waals surface area contributed by atoms with Crippen molar-refractivity contribution >= 4 is 0 Å². The van der Waals surface area contributed by atoms with Crippen molar-refractivity contribution in [3.05, 3.63) is 115 Å². The Morgan fingerprint density at radius 2 is 1.06 bits per heavy atom. The van der Waals surface area contributed by atoms with Gasteiger partial charge in [0.2, 0.25) is 0 Å². The molecule has 0 radical (unpaired) electrons. The first-order chi connectivity index (χ1) is 16.0. The van der Waals surface area contributed by atoms with Crippen LogP contribution >= 0.6 is 0 Å². The summed E-state index contributed by atoms with van der Waals surface area (Å²) >= 11 is 0. The van der Waals surface area contributed by atoms with Crippen molar-refractivity contribution in [1.82, 2.24) is 15.0 Å². The van der Waals surface area contributed by atoms with Crippen LogP contribution in [0.25, 0.3) is 39.3 Å². The maximum atomic E-state index is 4.62. The van der Waals surface area contributed by atoms with Crippen molar-refractivity contribution in [2.75, 3.05) is 0 Å². The molecule has 0 saturated heterocycles. The summed E-state index contributed by atoms with van der Waals surface area (Å²) in [4.78, 5) is 0. The quantitative estimate of drug-likeness (QED) is 0.295. The highest BCUT2D eigenvalue weighted by atomic mass is 15.4. The molecule has 0 bridgehead atoms. The van der Waals surface area contributed by atoms with Gasteiger partial charge in [-0.1, -0.05) is 123 Å². The highest BCUT2D eigenvalue weighted by Gasteiger charge is 2.19. The van der Waals surface area contributed by atoms with Crippen molar-refractivity contribution in [2.24, 2.45) is 0 Å². The Morgan fingerprint density at radius 1 is 0.545 bits per heavy atom. The monoisotopic (exact) mass is 429 g/mol. The van der Waals surface area contributed by atoms with Gasteiger partial charge in [-0.05, 0) is 34.2 Å². The Labute approximate surface area is 195 Å². The van der Waals surface area contributed by atoms with Crippen molar-refractivity contribution in [2.45, 2.75) is 26.2 Å². The molecule has 0 aliphatic heterocycles. The van der Waals surface area contributed by atoms with Crippen LogP contribution in [-0.2, 0) is 5.41 Å². The second kappa shape index (κ2) is 8.51. The van der Waals surface area contributed by atoms with Crippen molar-refractivity contribution in [1.29, 1.82) is 0 Å². The molecule has 162 valence electrons. The summed E-state index contributed by atoms with van der Waals surface area (Å²) in [6.45, 7) is 6.69. The summed E-state index contributed by atoms with van der Waals surface area (Å²) in [6, 6.07) is 37.9. The average Bonchev–Trinajstić information content (AvgIpc) is 3.30. The fourth-order valence-electron chi connectivity index (χ4n) is 4.07. The molecule has 1 heterocycles. The summed E-state index contributed by atoms with van der Waals surface area (Å²) in [5, 5.41) is 9.20. The first kappa shape index (κ1) is 20.9. The third-order valence-corrected chi connectivity index (χ3v) is 5.96. The fraction of sp³-hybridized carbons (Fsp3) is 0.133. The Kier molecular flexibility index (Phi) is 5.39. The van der Waals surface area contributed by atoms with E-state index in [-0.39, 0.29) is 5.41 Å². The summed E-state index contributed by atoms with van der Waals surface area (Å²) in [7, 11) is 0. The number of rotatable bonds is 4. The fourth-order valence-corrected chi connectivity index (χ4v) is 4.07. The van der Waals surface area contributed by atoms with Gasteiger partial charge in [0.15, 0.2) is 0 Å². The van der Waals surface area contributed by atoms with Gasteiger partial charge in [0.05, 0.1) is 5.69 Å². The predicted molar refractivity (Wildman–Crippen MR) is 136 cm³/mol. The average molecular weight is 430 g/mol. The van der Waals surface area contributed by atoms with E-state index in [1.807, 2.05) is 16.8 Å². The summed E-state index contributed by atoms with van der Waals surface area (Å²) in [6.07, 6.45) is 0. The van der Waals surface area contributed by atoms with E-state index in [2.05, 4.69) is 128 Å². The van der Waals surface area contributed by atoms with Crippen LogP contribution in [0.1, 0.15) is 26.3 Å². The normalized spacial score (nSPS) is 11.5. The molecule has 0 saturated carbocycles. The highest BCUT2D eigenvalue weighted by Crippen LogP contribution is 2.34. The Balaban J connectivity index is 1.60. The number of nitrogens with zero attached hydrogens (tertiary/aromatic N) is 3. The minimum absolute atomic E-state index is 0.110. The van der Waals surface area contributed by atoms with E-state index in [1.165, 1.54) is 16.7 Å². The maximum absolute atomic E-state index is 4.62. The van der Waals surface area contributed by atoms with Gasteiger partial charge < -0.3 is 0 Å². The van der Waals surface area contributed by atoms with Gasteiger partial charge in [-0.3, -0.25) is 0 Å². The first-order valence-corrected chi connectivity index (χ1v) is 11.3. The lowest BCUT2D eigenvalue weighted by molar-refractivity contribution is 0.590. The van der Waals surface area contributed by atoms with E-state index in [0.29, 0.717) is 0 Å². The lowest BCUT2D eigenvalue weighted by Gasteiger charge is -2.19. The first-order valence-electron chi connectivity index (χ1n) is 11.3. The molecule has 33 heavy (non-hydrogen) atoms. The van der Waals surface area contributed by atoms with Crippen LogP contribution < -0.4 is 0 Å². The molecule has 4 aromatic carbocycles. The lowest BCUT2D eigenvalue weighted by atomic mass is 9.86. The zero-order valence-corrected chi connectivity index (χ0v) is 19.2. The standard InChI is InChI=1S/C30H27N3/c1-30(2,3)26-18-14-24(15-19-26)28-29(25-12-8-5-9-13-25)33(32-31-28)27-20-16-23(17-21-27)22-10-6-4-7-11-22/h4-21H,1-3H3. The molecule has 0 aliphatic rings. The molecule has 0 N–H and O–H groups in total. The van der Waals surface area contributed by atoms with Crippen LogP contribution in [0.2, 0.25) is 0 Å². The molecule has 5 rings (SSSR count). The number of aromatic nitrogens is 3. The molecule has 0 atom stereocenters.